The number of amides is 2. The Bertz CT molecular complexity index is 976. The molecular formula is C27H34N2O5. The molecule has 0 bridgehead atoms. The molecule has 2 amide bonds. The van der Waals surface area contributed by atoms with Crippen molar-refractivity contribution in [1.29, 1.82) is 0 Å². The fraction of sp³-hybridized carbons (Fsp3) is 0.444. The third-order valence-electron chi connectivity index (χ3n) is 6.30. The van der Waals surface area contributed by atoms with Gasteiger partial charge in [-0.1, -0.05) is 61.9 Å². The quantitative estimate of drug-likeness (QED) is 0.445. The second kappa shape index (κ2) is 11.7. The van der Waals surface area contributed by atoms with Gasteiger partial charge in [0.25, 0.3) is 0 Å². The number of benzene rings is 2. The molecule has 0 fully saturated rings. The van der Waals surface area contributed by atoms with Crippen molar-refractivity contribution < 1.29 is 24.2 Å². The van der Waals surface area contributed by atoms with Crippen molar-refractivity contribution in [3.63, 3.8) is 0 Å². The molecule has 2 aromatic rings. The maximum atomic E-state index is 12.4. The fourth-order valence-electron chi connectivity index (χ4n) is 4.43. The minimum absolute atomic E-state index is 0.0125. The van der Waals surface area contributed by atoms with Gasteiger partial charge in [0.1, 0.15) is 6.61 Å². The van der Waals surface area contributed by atoms with Crippen LogP contribution in [0.4, 0.5) is 4.79 Å². The lowest BCUT2D eigenvalue weighted by Crippen LogP contribution is -2.40. The van der Waals surface area contributed by atoms with E-state index in [1.54, 1.807) is 13.8 Å². The molecule has 0 aromatic heterocycles. The summed E-state index contributed by atoms with van der Waals surface area (Å²) in [5, 5.41) is 14.6. The molecule has 1 aliphatic rings. The van der Waals surface area contributed by atoms with Crippen molar-refractivity contribution in [2.24, 2.45) is 5.92 Å². The maximum Gasteiger partial charge on any atom is 0.407 e. The number of aliphatic carboxylic acids is 1. The molecule has 0 spiro atoms. The highest BCUT2D eigenvalue weighted by molar-refractivity contribution is 5.79. The molecule has 3 rings (SSSR count). The van der Waals surface area contributed by atoms with Gasteiger partial charge in [0, 0.05) is 24.4 Å². The highest BCUT2D eigenvalue weighted by Gasteiger charge is 2.29. The van der Waals surface area contributed by atoms with E-state index in [0.29, 0.717) is 12.8 Å². The van der Waals surface area contributed by atoms with Crippen molar-refractivity contribution in [3.05, 3.63) is 59.7 Å². The van der Waals surface area contributed by atoms with Crippen LogP contribution in [0, 0.1) is 5.92 Å². The smallest absolute Gasteiger partial charge is 0.407 e. The highest BCUT2D eigenvalue weighted by atomic mass is 16.5. The largest absolute Gasteiger partial charge is 0.481 e. The molecule has 3 atom stereocenters. The van der Waals surface area contributed by atoms with Crippen LogP contribution in [0.3, 0.4) is 0 Å². The van der Waals surface area contributed by atoms with Gasteiger partial charge in [-0.3, -0.25) is 9.59 Å². The fourth-order valence-corrected chi connectivity index (χ4v) is 4.43. The normalized spacial score (nSPS) is 14.9. The number of carbonyl (C=O) groups excluding carboxylic acids is 2. The van der Waals surface area contributed by atoms with Crippen molar-refractivity contribution >= 4 is 18.0 Å². The minimum atomic E-state index is -0.801. The molecule has 0 heterocycles. The van der Waals surface area contributed by atoms with Crippen LogP contribution in [-0.2, 0) is 14.3 Å². The van der Waals surface area contributed by atoms with Crippen LogP contribution in [0.15, 0.2) is 48.5 Å². The summed E-state index contributed by atoms with van der Waals surface area (Å²) < 4.78 is 5.54. The molecule has 34 heavy (non-hydrogen) atoms. The lowest BCUT2D eigenvalue weighted by molar-refractivity contribution is -0.141. The number of carbonyl (C=O) groups is 3. The molecule has 182 valence electrons. The predicted octanol–water partition coefficient (Wildman–Crippen LogP) is 4.70. The minimum Gasteiger partial charge on any atom is -0.481 e. The Kier molecular flexibility index (Phi) is 8.68. The van der Waals surface area contributed by atoms with Crippen LogP contribution in [0.1, 0.15) is 63.5 Å². The van der Waals surface area contributed by atoms with E-state index in [9.17, 15) is 14.4 Å². The molecular weight excluding hydrogens is 432 g/mol. The van der Waals surface area contributed by atoms with Crippen LogP contribution >= 0.6 is 0 Å². The summed E-state index contributed by atoms with van der Waals surface area (Å²) in [6, 6.07) is 15.9. The summed E-state index contributed by atoms with van der Waals surface area (Å²) in [6.45, 7) is 5.57. The summed E-state index contributed by atoms with van der Waals surface area (Å²) in [7, 11) is 0. The summed E-state index contributed by atoms with van der Waals surface area (Å²) in [4.78, 5) is 35.6. The van der Waals surface area contributed by atoms with E-state index in [1.165, 1.54) is 11.1 Å². The van der Waals surface area contributed by atoms with E-state index < -0.39 is 12.1 Å². The zero-order valence-electron chi connectivity index (χ0n) is 20.0. The lowest BCUT2D eigenvalue weighted by atomic mass is 9.98. The van der Waals surface area contributed by atoms with Gasteiger partial charge in [-0.2, -0.15) is 0 Å². The molecule has 0 radical (unpaired) electrons. The number of nitrogens with one attached hydrogen (secondary N) is 2. The molecule has 1 aliphatic carbocycles. The molecule has 0 saturated heterocycles. The zero-order chi connectivity index (χ0) is 24.7. The number of alkyl carbamates (subject to hydrolysis) is 1. The first kappa shape index (κ1) is 25.3. The number of fused-ring (bicyclic) bond motifs is 3. The van der Waals surface area contributed by atoms with Gasteiger partial charge in [-0.25, -0.2) is 4.79 Å². The summed E-state index contributed by atoms with van der Waals surface area (Å²) in [6.07, 6.45) is 1.60. The summed E-state index contributed by atoms with van der Waals surface area (Å²) >= 11 is 0. The van der Waals surface area contributed by atoms with Crippen LogP contribution < -0.4 is 10.6 Å². The third kappa shape index (κ3) is 6.59. The molecule has 7 heteroatoms. The van der Waals surface area contributed by atoms with E-state index >= 15 is 0 Å². The molecule has 2 aromatic carbocycles. The van der Waals surface area contributed by atoms with Gasteiger partial charge < -0.3 is 20.5 Å². The predicted molar refractivity (Wildman–Crippen MR) is 131 cm³/mol. The summed E-state index contributed by atoms with van der Waals surface area (Å²) in [5.41, 5.74) is 4.64. The van der Waals surface area contributed by atoms with Gasteiger partial charge >= 0.3 is 12.1 Å². The number of ether oxygens (including phenoxy) is 1. The van der Waals surface area contributed by atoms with Gasteiger partial charge in [-0.15, -0.1) is 0 Å². The van der Waals surface area contributed by atoms with Gasteiger partial charge in [0.2, 0.25) is 5.91 Å². The Labute approximate surface area is 200 Å². The molecule has 7 nitrogen and oxygen atoms in total. The lowest BCUT2D eigenvalue weighted by Gasteiger charge is -2.19. The monoisotopic (exact) mass is 466 g/mol. The molecule has 0 aliphatic heterocycles. The third-order valence-corrected chi connectivity index (χ3v) is 6.30. The van der Waals surface area contributed by atoms with Crippen molar-refractivity contribution in [3.8, 4) is 11.1 Å². The van der Waals surface area contributed by atoms with Crippen molar-refractivity contribution in [2.75, 3.05) is 6.61 Å². The Morgan fingerprint density at radius 3 is 2.06 bits per heavy atom. The van der Waals surface area contributed by atoms with Gasteiger partial charge in [0.05, 0.1) is 5.92 Å². The number of carboxylic acid groups (broad SMARTS) is 1. The average Bonchev–Trinajstić information content (AvgIpc) is 3.11. The maximum absolute atomic E-state index is 12.4. The highest BCUT2D eigenvalue weighted by Crippen LogP contribution is 2.44. The van der Waals surface area contributed by atoms with E-state index in [-0.39, 0.29) is 42.9 Å². The van der Waals surface area contributed by atoms with Crippen molar-refractivity contribution in [2.45, 2.75) is 64.5 Å². The van der Waals surface area contributed by atoms with Crippen LogP contribution in [-0.4, -0.2) is 41.8 Å². The van der Waals surface area contributed by atoms with Crippen molar-refractivity contribution in [1.82, 2.24) is 10.6 Å². The summed E-state index contributed by atoms with van der Waals surface area (Å²) in [5.74, 6) is -1.36. The Morgan fingerprint density at radius 2 is 1.47 bits per heavy atom. The molecule has 3 N–H and O–H groups in total. The van der Waals surface area contributed by atoms with E-state index in [1.807, 2.05) is 31.2 Å². The Morgan fingerprint density at radius 1 is 0.882 bits per heavy atom. The first-order valence-electron chi connectivity index (χ1n) is 11.9. The van der Waals surface area contributed by atoms with Crippen LogP contribution in [0.25, 0.3) is 11.1 Å². The second-order valence-electron chi connectivity index (χ2n) is 9.21. The first-order valence-corrected chi connectivity index (χ1v) is 11.9. The SMILES string of the molecule is CC(CCCC(C)C(=O)O)NC(=O)C[C@H](C)NC(=O)OCC1c2ccccc2-c2ccccc21. The number of carboxylic acids is 1. The first-order chi connectivity index (χ1) is 16.3. The second-order valence-corrected chi connectivity index (χ2v) is 9.21. The van der Waals surface area contributed by atoms with E-state index in [4.69, 9.17) is 9.84 Å². The number of rotatable bonds is 11. The Hall–Kier alpha value is -3.35. The number of hydrogen-bond acceptors (Lipinski definition) is 4. The zero-order valence-corrected chi connectivity index (χ0v) is 20.0. The van der Waals surface area contributed by atoms with E-state index in [2.05, 4.69) is 34.9 Å². The standard InChI is InChI=1S/C27H34N2O5/c1-17(26(31)32)9-8-10-18(2)28-25(30)15-19(3)29-27(33)34-16-24-22-13-6-4-11-20(22)21-12-5-7-14-23(21)24/h4-7,11-14,17-19,24H,8-10,15-16H2,1-3H3,(H,28,30)(H,29,33)(H,31,32)/t17?,18?,19-/m0/s1. The van der Waals surface area contributed by atoms with Gasteiger partial charge in [0.15, 0.2) is 0 Å². The van der Waals surface area contributed by atoms with Crippen LogP contribution in [0.5, 0.6) is 0 Å². The topological polar surface area (TPSA) is 105 Å². The number of hydrogen-bond donors (Lipinski definition) is 3. The van der Waals surface area contributed by atoms with Crippen LogP contribution in [0.2, 0.25) is 0 Å². The average molecular weight is 467 g/mol. The Balaban J connectivity index is 1.41. The van der Waals surface area contributed by atoms with E-state index in [0.717, 1.165) is 17.5 Å². The molecule has 0 saturated carbocycles. The van der Waals surface area contributed by atoms with Gasteiger partial charge in [-0.05, 0) is 48.9 Å². The molecule has 2 unspecified atom stereocenters.